The first-order valence-corrected chi connectivity index (χ1v) is 6.70. The van der Waals surface area contributed by atoms with E-state index in [1.54, 1.807) is 16.8 Å². The maximum absolute atomic E-state index is 12.2. The highest BCUT2D eigenvalue weighted by molar-refractivity contribution is 5.94. The number of hydrogen-bond donors (Lipinski definition) is 2. The summed E-state index contributed by atoms with van der Waals surface area (Å²) in [4.78, 5) is 12.2. The Morgan fingerprint density at radius 2 is 2.32 bits per heavy atom. The lowest BCUT2D eigenvalue weighted by Crippen LogP contribution is -2.62. The average Bonchev–Trinajstić information content (AvgIpc) is 2.67. The molecule has 0 aromatic carbocycles. The van der Waals surface area contributed by atoms with Crippen molar-refractivity contribution in [3.8, 4) is 0 Å². The van der Waals surface area contributed by atoms with Crippen LogP contribution in [0.3, 0.4) is 0 Å². The highest BCUT2D eigenvalue weighted by Gasteiger charge is 2.49. The number of amides is 1. The topological polar surface area (TPSA) is 69.3 Å². The molecule has 2 rings (SSSR count). The number of anilines is 1. The number of ether oxygens (including phenoxy) is 1. The quantitative estimate of drug-likeness (QED) is 0.867. The summed E-state index contributed by atoms with van der Waals surface area (Å²) in [7, 11) is 1.82. The molecule has 5 heteroatoms. The number of nitrogens with two attached hydrogens (primary N) is 1. The summed E-state index contributed by atoms with van der Waals surface area (Å²) in [5.41, 5.74) is 6.86. The summed E-state index contributed by atoms with van der Waals surface area (Å²) in [5, 5.41) is 3.07. The number of carbonyl (C=O) groups excluding carboxylic acids is 1. The van der Waals surface area contributed by atoms with Crippen LogP contribution < -0.4 is 11.1 Å². The van der Waals surface area contributed by atoms with Crippen molar-refractivity contribution in [1.29, 1.82) is 0 Å². The number of carbonyl (C=O) groups is 1. The van der Waals surface area contributed by atoms with E-state index in [4.69, 9.17) is 10.5 Å². The number of aromatic nitrogens is 1. The fourth-order valence-electron chi connectivity index (χ4n) is 2.66. The Hall–Kier alpha value is -1.49. The van der Waals surface area contributed by atoms with Crippen molar-refractivity contribution in [2.75, 3.05) is 12.3 Å². The zero-order valence-corrected chi connectivity index (χ0v) is 12.1. The number of nitrogen functional groups attached to an aromatic ring is 1. The highest BCUT2D eigenvalue weighted by Crippen LogP contribution is 2.42. The summed E-state index contributed by atoms with van der Waals surface area (Å²) in [6, 6.07) is 1.84. The molecule has 19 heavy (non-hydrogen) atoms. The second-order valence-electron chi connectivity index (χ2n) is 5.80. The van der Waals surface area contributed by atoms with E-state index < -0.39 is 0 Å². The third kappa shape index (κ3) is 2.47. The molecule has 5 nitrogen and oxygen atoms in total. The standard InChI is InChI=1S/C14H23N3O2/c1-5-19-12-7-11(14(12,2)3)16-13(18)10-6-9(15)8-17(10)4/h6,8,11-12H,5,7,15H2,1-4H3,(H,16,18). The predicted molar refractivity (Wildman–Crippen MR) is 74.9 cm³/mol. The summed E-state index contributed by atoms with van der Waals surface area (Å²) in [6.07, 6.45) is 2.83. The minimum absolute atomic E-state index is 0.0254. The zero-order valence-electron chi connectivity index (χ0n) is 12.1. The van der Waals surface area contributed by atoms with Crippen molar-refractivity contribution in [3.63, 3.8) is 0 Å². The molecule has 2 unspecified atom stereocenters. The monoisotopic (exact) mass is 265 g/mol. The van der Waals surface area contributed by atoms with E-state index in [1.807, 2.05) is 14.0 Å². The van der Waals surface area contributed by atoms with Gasteiger partial charge in [-0.15, -0.1) is 0 Å². The van der Waals surface area contributed by atoms with E-state index in [2.05, 4.69) is 19.2 Å². The zero-order chi connectivity index (χ0) is 14.2. The van der Waals surface area contributed by atoms with Gasteiger partial charge in [0.2, 0.25) is 0 Å². The van der Waals surface area contributed by atoms with Crippen LogP contribution in [-0.2, 0) is 11.8 Å². The Labute approximate surface area is 114 Å². The maximum Gasteiger partial charge on any atom is 0.268 e. The summed E-state index contributed by atoms with van der Waals surface area (Å²) in [6.45, 7) is 6.96. The molecular formula is C14H23N3O2. The van der Waals surface area contributed by atoms with Gasteiger partial charge in [-0.3, -0.25) is 4.79 Å². The smallest absolute Gasteiger partial charge is 0.268 e. The summed E-state index contributed by atoms with van der Waals surface area (Å²) >= 11 is 0. The average molecular weight is 265 g/mol. The maximum atomic E-state index is 12.2. The van der Waals surface area contributed by atoms with Crippen molar-refractivity contribution in [1.82, 2.24) is 9.88 Å². The van der Waals surface area contributed by atoms with Gasteiger partial charge >= 0.3 is 0 Å². The van der Waals surface area contributed by atoms with Gasteiger partial charge in [-0.1, -0.05) is 13.8 Å². The van der Waals surface area contributed by atoms with Crippen LogP contribution in [0.15, 0.2) is 12.3 Å². The fraction of sp³-hybridized carbons (Fsp3) is 0.643. The molecule has 1 saturated carbocycles. The van der Waals surface area contributed by atoms with Crippen molar-refractivity contribution in [3.05, 3.63) is 18.0 Å². The second kappa shape index (κ2) is 4.89. The molecule has 3 N–H and O–H groups in total. The Bertz CT molecular complexity index is 479. The van der Waals surface area contributed by atoms with Crippen molar-refractivity contribution < 1.29 is 9.53 Å². The number of aryl methyl sites for hydroxylation is 1. The first kappa shape index (κ1) is 13.9. The molecule has 0 spiro atoms. The Morgan fingerprint density at radius 3 is 2.79 bits per heavy atom. The van der Waals surface area contributed by atoms with Crippen LogP contribution in [0.25, 0.3) is 0 Å². The van der Waals surface area contributed by atoms with Gasteiger partial charge in [0, 0.05) is 31.3 Å². The van der Waals surface area contributed by atoms with E-state index in [1.165, 1.54) is 0 Å². The van der Waals surface area contributed by atoms with E-state index >= 15 is 0 Å². The Kier molecular flexibility index (Phi) is 3.58. The lowest BCUT2D eigenvalue weighted by molar-refractivity contribution is -0.111. The van der Waals surface area contributed by atoms with Crippen LogP contribution in [0.4, 0.5) is 5.69 Å². The van der Waals surface area contributed by atoms with Crippen molar-refractivity contribution in [2.45, 2.75) is 39.3 Å². The van der Waals surface area contributed by atoms with Crippen LogP contribution >= 0.6 is 0 Å². The second-order valence-corrected chi connectivity index (χ2v) is 5.80. The lowest BCUT2D eigenvalue weighted by atomic mass is 9.64. The number of hydrogen-bond acceptors (Lipinski definition) is 3. The molecule has 0 bridgehead atoms. The van der Waals surface area contributed by atoms with Gasteiger partial charge in [0.05, 0.1) is 11.8 Å². The molecule has 1 amide bonds. The Morgan fingerprint density at radius 1 is 1.63 bits per heavy atom. The molecule has 0 saturated heterocycles. The normalized spacial score (nSPS) is 24.8. The van der Waals surface area contributed by atoms with E-state index in [0.717, 1.165) is 6.42 Å². The molecule has 1 aliphatic carbocycles. The van der Waals surface area contributed by atoms with Crippen LogP contribution in [0.5, 0.6) is 0 Å². The molecule has 106 valence electrons. The minimum Gasteiger partial charge on any atom is -0.397 e. The Balaban J connectivity index is 2.00. The summed E-state index contributed by atoms with van der Waals surface area (Å²) < 4.78 is 7.41. The van der Waals surface area contributed by atoms with Gasteiger partial charge in [0.1, 0.15) is 5.69 Å². The van der Waals surface area contributed by atoms with E-state index in [-0.39, 0.29) is 23.5 Å². The number of rotatable bonds is 4. The molecule has 1 aromatic heterocycles. The van der Waals surface area contributed by atoms with E-state index in [9.17, 15) is 4.79 Å². The first-order valence-electron chi connectivity index (χ1n) is 6.70. The number of nitrogens with one attached hydrogen (secondary N) is 1. The van der Waals surface area contributed by atoms with E-state index in [0.29, 0.717) is 18.0 Å². The molecule has 1 fully saturated rings. The fourth-order valence-corrected chi connectivity index (χ4v) is 2.66. The molecule has 2 atom stereocenters. The van der Waals surface area contributed by atoms with Crippen molar-refractivity contribution in [2.24, 2.45) is 12.5 Å². The van der Waals surface area contributed by atoms with Gasteiger partial charge in [0.15, 0.2) is 0 Å². The van der Waals surface area contributed by atoms with Gasteiger partial charge in [0.25, 0.3) is 5.91 Å². The lowest BCUT2D eigenvalue weighted by Gasteiger charge is -2.51. The van der Waals surface area contributed by atoms with Gasteiger partial charge in [-0.05, 0) is 19.4 Å². The minimum atomic E-state index is -0.0766. The molecular weight excluding hydrogens is 242 g/mol. The molecule has 0 aliphatic heterocycles. The van der Waals surface area contributed by atoms with Crippen LogP contribution in [0.2, 0.25) is 0 Å². The van der Waals surface area contributed by atoms with Crippen LogP contribution in [0, 0.1) is 5.41 Å². The predicted octanol–water partition coefficient (Wildman–Crippen LogP) is 1.54. The SMILES string of the molecule is CCOC1CC(NC(=O)c2cc(N)cn2C)C1(C)C. The highest BCUT2D eigenvalue weighted by atomic mass is 16.5. The number of nitrogens with zero attached hydrogens (tertiary/aromatic N) is 1. The molecule has 0 radical (unpaired) electrons. The molecule has 1 aromatic rings. The van der Waals surface area contributed by atoms with Gasteiger partial charge < -0.3 is 20.4 Å². The van der Waals surface area contributed by atoms with Crippen LogP contribution in [-0.4, -0.2) is 29.2 Å². The van der Waals surface area contributed by atoms with Crippen molar-refractivity contribution >= 4 is 11.6 Å². The largest absolute Gasteiger partial charge is 0.397 e. The van der Waals surface area contributed by atoms with Gasteiger partial charge in [-0.25, -0.2) is 0 Å². The first-order chi connectivity index (χ1) is 8.86. The van der Waals surface area contributed by atoms with Crippen LogP contribution in [0.1, 0.15) is 37.7 Å². The summed E-state index contributed by atoms with van der Waals surface area (Å²) in [5.74, 6) is -0.0766. The third-order valence-electron chi connectivity index (χ3n) is 4.11. The third-order valence-corrected chi connectivity index (χ3v) is 4.11. The molecule has 1 heterocycles. The van der Waals surface area contributed by atoms with Gasteiger partial charge in [-0.2, -0.15) is 0 Å². The molecule has 1 aliphatic rings.